The van der Waals surface area contributed by atoms with Gasteiger partial charge in [-0.3, -0.25) is 9.36 Å². The summed E-state index contributed by atoms with van der Waals surface area (Å²) in [6.45, 7) is 1.14. The van der Waals surface area contributed by atoms with Crippen LogP contribution in [0.15, 0.2) is 63.9 Å². The lowest BCUT2D eigenvalue weighted by Crippen LogP contribution is -2.26. The first-order valence-electron chi connectivity index (χ1n) is 9.14. The molecule has 4 aromatic rings. The van der Waals surface area contributed by atoms with E-state index < -0.39 is 5.97 Å². The highest BCUT2D eigenvalue weighted by molar-refractivity contribution is 5.97. The number of para-hydroxylation sites is 1. The Bertz CT molecular complexity index is 1330. The Labute approximate surface area is 170 Å². The van der Waals surface area contributed by atoms with E-state index in [1.165, 1.54) is 4.57 Å². The molecule has 0 radical (unpaired) electrons. The Morgan fingerprint density at radius 1 is 1.17 bits per heavy atom. The Hall–Kier alpha value is -4.25. The molecule has 0 aliphatic heterocycles. The van der Waals surface area contributed by atoms with Gasteiger partial charge >= 0.3 is 5.97 Å². The van der Waals surface area contributed by atoms with Crippen molar-refractivity contribution in [2.45, 2.75) is 20.1 Å². The first-order chi connectivity index (χ1) is 14.6. The van der Waals surface area contributed by atoms with Crippen molar-refractivity contribution in [2.24, 2.45) is 0 Å². The molecule has 0 bridgehead atoms. The van der Waals surface area contributed by atoms with Gasteiger partial charge < -0.3 is 9.26 Å². The number of nitriles is 1. The zero-order valence-electron chi connectivity index (χ0n) is 16.0. The number of ether oxygens (including phenoxy) is 1. The lowest BCUT2D eigenvalue weighted by atomic mass is 10.1. The number of aryl methyl sites for hydroxylation is 1. The number of carbonyl (C=O) groups excluding carboxylic acids is 1. The van der Waals surface area contributed by atoms with Gasteiger partial charge in [0.2, 0.25) is 0 Å². The van der Waals surface area contributed by atoms with Crippen LogP contribution in [0.5, 0.6) is 0 Å². The molecule has 8 heteroatoms. The number of nitrogens with zero attached hydrogens (tertiary/aromatic N) is 4. The SMILES string of the molecule is Cc1onc(-c2ccccc2)c1C(=O)OCc1nc2ccccc2c(=O)n1CC#N. The van der Waals surface area contributed by atoms with E-state index in [2.05, 4.69) is 10.1 Å². The van der Waals surface area contributed by atoms with E-state index in [1.54, 1.807) is 31.2 Å². The molecule has 0 N–H and O–H groups in total. The van der Waals surface area contributed by atoms with Crippen LogP contribution in [0.25, 0.3) is 22.2 Å². The number of carbonyl (C=O) groups is 1. The molecule has 0 fully saturated rings. The molecule has 0 amide bonds. The lowest BCUT2D eigenvalue weighted by molar-refractivity contribution is 0.0456. The first-order valence-corrected chi connectivity index (χ1v) is 9.14. The van der Waals surface area contributed by atoms with Gasteiger partial charge in [-0.05, 0) is 19.1 Å². The molecule has 8 nitrogen and oxygen atoms in total. The summed E-state index contributed by atoms with van der Waals surface area (Å²) < 4.78 is 11.8. The normalized spacial score (nSPS) is 10.7. The van der Waals surface area contributed by atoms with Gasteiger partial charge in [0.25, 0.3) is 5.56 Å². The standard InChI is InChI=1S/C22H16N4O4/c1-14-19(20(25-30-14)15-7-3-2-4-8-15)22(28)29-13-18-24-17-10-6-5-9-16(17)21(27)26(18)12-11-23/h2-10H,12-13H2,1H3. The van der Waals surface area contributed by atoms with Crippen LogP contribution in [0.3, 0.4) is 0 Å². The second-order valence-electron chi connectivity index (χ2n) is 6.50. The summed E-state index contributed by atoms with van der Waals surface area (Å²) in [4.78, 5) is 29.9. The molecule has 0 saturated heterocycles. The highest BCUT2D eigenvalue weighted by Crippen LogP contribution is 2.26. The Balaban J connectivity index is 1.67. The molecule has 0 atom stereocenters. The van der Waals surface area contributed by atoms with Crippen molar-refractivity contribution < 1.29 is 14.1 Å². The minimum absolute atomic E-state index is 0.184. The predicted molar refractivity (Wildman–Crippen MR) is 107 cm³/mol. The van der Waals surface area contributed by atoms with Gasteiger partial charge in [-0.2, -0.15) is 5.26 Å². The van der Waals surface area contributed by atoms with Crippen molar-refractivity contribution in [1.82, 2.24) is 14.7 Å². The minimum atomic E-state index is -0.654. The maximum atomic E-state index is 12.8. The van der Waals surface area contributed by atoms with Crippen LogP contribution in [0.4, 0.5) is 0 Å². The third-order valence-electron chi connectivity index (χ3n) is 4.62. The quantitative estimate of drug-likeness (QED) is 0.473. The maximum absolute atomic E-state index is 12.8. The monoisotopic (exact) mass is 400 g/mol. The van der Waals surface area contributed by atoms with Gasteiger partial charge in [-0.15, -0.1) is 0 Å². The van der Waals surface area contributed by atoms with E-state index >= 15 is 0 Å². The van der Waals surface area contributed by atoms with E-state index in [4.69, 9.17) is 14.5 Å². The summed E-state index contributed by atoms with van der Waals surface area (Å²) in [6, 6.07) is 17.9. The van der Waals surface area contributed by atoms with Gasteiger partial charge in [-0.25, -0.2) is 9.78 Å². The van der Waals surface area contributed by atoms with Gasteiger partial charge in [0.05, 0.1) is 17.0 Å². The van der Waals surface area contributed by atoms with Crippen molar-refractivity contribution in [2.75, 3.05) is 0 Å². The van der Waals surface area contributed by atoms with E-state index in [1.807, 2.05) is 36.4 Å². The van der Waals surface area contributed by atoms with Crippen molar-refractivity contribution in [3.05, 3.63) is 82.1 Å². The summed E-state index contributed by atoms with van der Waals surface area (Å²) in [5, 5.41) is 13.5. The molecule has 2 aromatic heterocycles. The van der Waals surface area contributed by atoms with E-state index in [9.17, 15) is 9.59 Å². The fraction of sp³-hybridized carbons (Fsp3) is 0.136. The zero-order valence-corrected chi connectivity index (χ0v) is 16.0. The summed E-state index contributed by atoms with van der Waals surface area (Å²) in [7, 11) is 0. The second kappa shape index (κ2) is 8.01. The van der Waals surface area contributed by atoms with Crippen LogP contribution in [0.2, 0.25) is 0 Å². The van der Waals surface area contributed by atoms with Crippen molar-refractivity contribution >= 4 is 16.9 Å². The lowest BCUT2D eigenvalue weighted by Gasteiger charge is -2.11. The molecule has 2 aromatic carbocycles. The number of fused-ring (bicyclic) bond motifs is 1. The molecule has 0 aliphatic rings. The molecule has 4 rings (SSSR count). The average Bonchev–Trinajstić information content (AvgIpc) is 3.16. The topological polar surface area (TPSA) is 111 Å². The van der Waals surface area contributed by atoms with Crippen LogP contribution in [0, 0.1) is 18.3 Å². The zero-order chi connectivity index (χ0) is 21.1. The fourth-order valence-corrected chi connectivity index (χ4v) is 3.17. The Kier molecular flexibility index (Phi) is 5.09. The largest absolute Gasteiger partial charge is 0.454 e. The molecule has 30 heavy (non-hydrogen) atoms. The molecule has 0 spiro atoms. The fourth-order valence-electron chi connectivity index (χ4n) is 3.17. The summed E-state index contributed by atoms with van der Waals surface area (Å²) >= 11 is 0. The van der Waals surface area contributed by atoms with E-state index in [0.717, 1.165) is 0 Å². The molecule has 0 unspecified atom stereocenters. The highest BCUT2D eigenvalue weighted by Gasteiger charge is 2.23. The number of benzene rings is 2. The third kappa shape index (κ3) is 3.44. The second-order valence-corrected chi connectivity index (χ2v) is 6.50. The van der Waals surface area contributed by atoms with Crippen LogP contribution in [-0.2, 0) is 17.9 Å². The number of esters is 1. The Morgan fingerprint density at radius 3 is 2.67 bits per heavy atom. The summed E-state index contributed by atoms with van der Waals surface area (Å²) in [6.07, 6.45) is 0. The number of hydrogen-bond acceptors (Lipinski definition) is 7. The average molecular weight is 400 g/mol. The molecule has 0 aliphatic carbocycles. The smallest absolute Gasteiger partial charge is 0.344 e. The van der Waals surface area contributed by atoms with Gasteiger partial charge in [0.1, 0.15) is 30.2 Å². The Morgan fingerprint density at radius 2 is 1.90 bits per heavy atom. The third-order valence-corrected chi connectivity index (χ3v) is 4.62. The van der Waals surface area contributed by atoms with Crippen molar-refractivity contribution in [3.8, 4) is 17.3 Å². The molecular formula is C22H16N4O4. The number of aromatic nitrogens is 3. The maximum Gasteiger partial charge on any atom is 0.344 e. The molecule has 0 saturated carbocycles. The van der Waals surface area contributed by atoms with Crippen LogP contribution < -0.4 is 5.56 Å². The predicted octanol–water partition coefficient (Wildman–Crippen LogP) is 3.24. The number of hydrogen-bond donors (Lipinski definition) is 0. The van der Waals surface area contributed by atoms with Crippen LogP contribution in [0.1, 0.15) is 21.9 Å². The van der Waals surface area contributed by atoms with Crippen LogP contribution in [-0.4, -0.2) is 20.7 Å². The van der Waals surface area contributed by atoms with E-state index in [0.29, 0.717) is 27.9 Å². The molecule has 2 heterocycles. The van der Waals surface area contributed by atoms with Crippen LogP contribution >= 0.6 is 0 Å². The van der Waals surface area contributed by atoms with E-state index in [-0.39, 0.29) is 30.1 Å². The summed E-state index contributed by atoms with van der Waals surface area (Å²) in [5.41, 5.74) is 1.40. The van der Waals surface area contributed by atoms with Gasteiger partial charge in [0, 0.05) is 5.56 Å². The minimum Gasteiger partial charge on any atom is -0.454 e. The first kappa shape index (κ1) is 19.1. The van der Waals surface area contributed by atoms with Crippen molar-refractivity contribution in [1.29, 1.82) is 5.26 Å². The van der Waals surface area contributed by atoms with Gasteiger partial charge in [-0.1, -0.05) is 47.6 Å². The summed E-state index contributed by atoms with van der Waals surface area (Å²) in [5.74, 6) is -0.151. The van der Waals surface area contributed by atoms with Gasteiger partial charge in [0.15, 0.2) is 5.82 Å². The molecule has 148 valence electrons. The molecular weight excluding hydrogens is 384 g/mol. The van der Waals surface area contributed by atoms with Crippen molar-refractivity contribution in [3.63, 3.8) is 0 Å². The number of rotatable bonds is 5. The highest BCUT2D eigenvalue weighted by atomic mass is 16.5.